The Morgan fingerprint density at radius 3 is 2.35 bits per heavy atom. The van der Waals surface area contributed by atoms with Crippen molar-refractivity contribution >= 4 is 16.7 Å². The lowest BCUT2D eigenvalue weighted by molar-refractivity contribution is -0.269. The Hall–Kier alpha value is -3.53. The van der Waals surface area contributed by atoms with Crippen LogP contribution in [0.5, 0.6) is 0 Å². The van der Waals surface area contributed by atoms with Crippen LogP contribution in [-0.2, 0) is 12.1 Å². The smallest absolute Gasteiger partial charge is 0.375 e. The van der Waals surface area contributed by atoms with E-state index in [4.69, 9.17) is 0 Å². The van der Waals surface area contributed by atoms with Crippen LogP contribution in [0.4, 0.5) is 23.4 Å². The van der Waals surface area contributed by atoms with Gasteiger partial charge in [0.1, 0.15) is 17.3 Å². The van der Waals surface area contributed by atoms with Gasteiger partial charge in [-0.2, -0.15) is 13.2 Å². The zero-order valence-corrected chi connectivity index (χ0v) is 18.8. The van der Waals surface area contributed by atoms with Gasteiger partial charge in [0.15, 0.2) is 0 Å². The third kappa shape index (κ3) is 4.33. The summed E-state index contributed by atoms with van der Waals surface area (Å²) >= 11 is 0. The Bertz CT molecular complexity index is 1320. The van der Waals surface area contributed by atoms with E-state index in [1.165, 1.54) is 23.7 Å². The Balaban J connectivity index is 1.72. The molecule has 0 bridgehead atoms. The van der Waals surface area contributed by atoms with Crippen molar-refractivity contribution in [1.29, 1.82) is 0 Å². The zero-order valence-electron chi connectivity index (χ0n) is 18.8. The van der Waals surface area contributed by atoms with Gasteiger partial charge >= 0.3 is 6.18 Å². The maximum Gasteiger partial charge on any atom is 0.423 e. The minimum absolute atomic E-state index is 0.139. The fourth-order valence-electron chi connectivity index (χ4n) is 3.73. The van der Waals surface area contributed by atoms with Crippen LogP contribution in [0.3, 0.4) is 0 Å². The lowest BCUT2D eigenvalue weighted by Gasteiger charge is -2.26. The molecule has 0 saturated carbocycles. The molecule has 34 heavy (non-hydrogen) atoms. The number of pyridine rings is 1. The van der Waals surface area contributed by atoms with Crippen LogP contribution in [0.25, 0.3) is 22.0 Å². The molecule has 10 heteroatoms. The molecule has 1 atom stereocenters. The summed E-state index contributed by atoms with van der Waals surface area (Å²) in [5, 5.41) is 18.3. The molecule has 0 aliphatic heterocycles. The van der Waals surface area contributed by atoms with Gasteiger partial charge in [-0.05, 0) is 47.4 Å². The second kappa shape index (κ2) is 8.68. The third-order valence-corrected chi connectivity index (χ3v) is 5.76. The maximum atomic E-state index is 13.4. The predicted molar refractivity (Wildman–Crippen MR) is 121 cm³/mol. The first-order valence-electron chi connectivity index (χ1n) is 10.6. The molecule has 6 nitrogen and oxygen atoms in total. The Kier molecular flexibility index (Phi) is 6.03. The maximum absolute atomic E-state index is 13.4. The van der Waals surface area contributed by atoms with Gasteiger partial charge in [0.25, 0.3) is 0 Å². The van der Waals surface area contributed by atoms with Crippen LogP contribution in [0.15, 0.2) is 54.7 Å². The van der Waals surface area contributed by atoms with Gasteiger partial charge < -0.3 is 10.0 Å². The summed E-state index contributed by atoms with van der Waals surface area (Å²) in [4.78, 5) is 6.54. The van der Waals surface area contributed by atoms with Crippen LogP contribution < -0.4 is 4.90 Å². The number of rotatable bonds is 6. The summed E-state index contributed by atoms with van der Waals surface area (Å²) in [6.45, 7) is 1.38. The normalized spacial score (nSPS) is 13.8. The summed E-state index contributed by atoms with van der Waals surface area (Å²) in [5.74, 6) is 0.370. The monoisotopic (exact) mass is 473 g/mol. The van der Waals surface area contributed by atoms with Crippen LogP contribution >= 0.6 is 0 Å². The van der Waals surface area contributed by atoms with Crippen molar-refractivity contribution in [3.63, 3.8) is 0 Å². The summed E-state index contributed by atoms with van der Waals surface area (Å²) < 4.78 is 54.7. The molecule has 0 aliphatic carbocycles. The predicted octanol–water partition coefficient (Wildman–Crippen LogP) is 4.91. The molecule has 0 saturated heterocycles. The Labute approximate surface area is 193 Å². The first-order chi connectivity index (χ1) is 16.0. The summed E-state index contributed by atoms with van der Waals surface area (Å²) in [6.07, 6.45) is -4.34. The van der Waals surface area contributed by atoms with Crippen molar-refractivity contribution in [3.05, 3.63) is 71.8 Å². The highest BCUT2D eigenvalue weighted by molar-refractivity contribution is 5.96. The number of aromatic nitrogens is 4. The Morgan fingerprint density at radius 1 is 1.03 bits per heavy atom. The van der Waals surface area contributed by atoms with Crippen LogP contribution in [0.2, 0.25) is 0 Å². The first-order valence-corrected chi connectivity index (χ1v) is 10.6. The van der Waals surface area contributed by atoms with Crippen molar-refractivity contribution in [2.45, 2.75) is 31.7 Å². The molecule has 0 fully saturated rings. The number of halogens is 4. The standard InChI is InChI=1S/C24H23F4N5O/c1-4-23(34,24(26,27)28)21-14-33(31-30-21)13-15-5-10-18-19(16-6-8-17(25)9-7-16)12-22(32(2)3)29-20(18)11-15/h5-12,14,34H,4,13H2,1-3H3/t23-/m1/s1. The number of anilines is 1. The molecule has 2 aromatic heterocycles. The SMILES string of the molecule is CC[C@@](O)(c1cn(Cc2ccc3c(-c4ccc(F)cc4)cc(N(C)C)nc3c2)nn1)C(F)(F)F. The average Bonchev–Trinajstić information content (AvgIpc) is 3.26. The van der Waals surface area contributed by atoms with E-state index in [1.54, 1.807) is 12.1 Å². The fourth-order valence-corrected chi connectivity index (χ4v) is 3.73. The fraction of sp³-hybridized carbons (Fsp3) is 0.292. The van der Waals surface area contributed by atoms with E-state index in [9.17, 15) is 22.7 Å². The zero-order chi connectivity index (χ0) is 24.7. The highest BCUT2D eigenvalue weighted by Gasteiger charge is 2.55. The minimum Gasteiger partial charge on any atom is -0.375 e. The summed E-state index contributed by atoms with van der Waals surface area (Å²) in [7, 11) is 3.72. The van der Waals surface area contributed by atoms with Crippen molar-refractivity contribution in [3.8, 4) is 11.1 Å². The quantitative estimate of drug-likeness (QED) is 0.403. The highest BCUT2D eigenvalue weighted by Crippen LogP contribution is 2.40. The molecule has 1 N–H and O–H groups in total. The molecule has 4 rings (SSSR count). The second-order valence-corrected chi connectivity index (χ2v) is 8.29. The lowest BCUT2D eigenvalue weighted by Crippen LogP contribution is -2.42. The van der Waals surface area contributed by atoms with Crippen LogP contribution in [0, 0.1) is 5.82 Å². The minimum atomic E-state index is -4.87. The van der Waals surface area contributed by atoms with Gasteiger partial charge in [0.2, 0.25) is 5.60 Å². The van der Waals surface area contributed by atoms with Gasteiger partial charge in [-0.25, -0.2) is 14.1 Å². The van der Waals surface area contributed by atoms with E-state index >= 15 is 0 Å². The molecule has 0 spiro atoms. The molecule has 0 unspecified atom stereocenters. The number of hydrogen-bond donors (Lipinski definition) is 1. The Morgan fingerprint density at radius 2 is 1.74 bits per heavy atom. The molecular weight excluding hydrogens is 450 g/mol. The van der Waals surface area contributed by atoms with Crippen molar-refractivity contribution in [2.75, 3.05) is 19.0 Å². The lowest BCUT2D eigenvalue weighted by atomic mass is 9.96. The number of alkyl halides is 3. The van der Waals surface area contributed by atoms with Gasteiger partial charge in [-0.15, -0.1) is 5.10 Å². The topological polar surface area (TPSA) is 67.1 Å². The molecule has 0 amide bonds. The van der Waals surface area contributed by atoms with Crippen LogP contribution in [-0.4, -0.2) is 45.4 Å². The third-order valence-electron chi connectivity index (χ3n) is 5.76. The number of nitrogens with zero attached hydrogens (tertiary/aromatic N) is 5. The average molecular weight is 473 g/mol. The van der Waals surface area contributed by atoms with E-state index in [0.717, 1.165) is 28.3 Å². The van der Waals surface area contributed by atoms with Crippen LogP contribution in [0.1, 0.15) is 24.6 Å². The van der Waals surface area contributed by atoms with Crippen molar-refractivity contribution in [1.82, 2.24) is 20.0 Å². The highest BCUT2D eigenvalue weighted by atomic mass is 19.4. The molecule has 2 aromatic carbocycles. The van der Waals surface area contributed by atoms with Gasteiger partial charge in [0, 0.05) is 19.5 Å². The van der Waals surface area contributed by atoms with Gasteiger partial charge in [-0.1, -0.05) is 36.4 Å². The van der Waals surface area contributed by atoms with Crippen molar-refractivity contribution in [2.24, 2.45) is 0 Å². The van der Waals surface area contributed by atoms with E-state index in [2.05, 4.69) is 15.3 Å². The summed E-state index contributed by atoms with van der Waals surface area (Å²) in [6, 6.07) is 13.6. The molecular formula is C24H23F4N5O. The first kappa shape index (κ1) is 23.6. The van der Waals surface area contributed by atoms with Gasteiger partial charge in [0.05, 0.1) is 18.3 Å². The number of hydrogen-bond acceptors (Lipinski definition) is 5. The van der Waals surface area contributed by atoms with E-state index in [-0.39, 0.29) is 12.4 Å². The molecule has 0 radical (unpaired) electrons. The molecule has 2 heterocycles. The van der Waals surface area contributed by atoms with E-state index in [1.807, 2.05) is 43.3 Å². The summed E-state index contributed by atoms with van der Waals surface area (Å²) in [5.41, 5.74) is -0.484. The molecule has 178 valence electrons. The molecule has 0 aliphatic rings. The largest absolute Gasteiger partial charge is 0.423 e. The molecule has 4 aromatic rings. The van der Waals surface area contributed by atoms with Crippen molar-refractivity contribution < 1.29 is 22.7 Å². The second-order valence-electron chi connectivity index (χ2n) is 8.29. The number of fused-ring (bicyclic) bond motifs is 1. The van der Waals surface area contributed by atoms with E-state index < -0.39 is 23.9 Å². The van der Waals surface area contributed by atoms with E-state index in [0.29, 0.717) is 11.3 Å². The van der Waals surface area contributed by atoms with Gasteiger partial charge in [-0.3, -0.25) is 0 Å². The number of benzene rings is 2. The number of aliphatic hydroxyl groups is 1.